The molecule has 2 aliphatic heterocycles. The summed E-state index contributed by atoms with van der Waals surface area (Å²) in [5.74, 6) is -5.95. The average molecular weight is 751 g/mol. The number of carbonyl (C=O) groups is 4. The van der Waals surface area contributed by atoms with E-state index in [0.717, 1.165) is 21.9 Å². The SMILES string of the molecule is O=C1c2ccccc2C(=O)N1CCc1ccc(F)[c]([Ti]([C]2=CC=CC2)([C]2=CC=CC2)[c]2c(F)ccc(CCN3C(=O)c4ccccc4C3=O)c2F)c1F. The molecule has 6 nitrogen and oxygen atoms in total. The van der Waals surface area contributed by atoms with E-state index in [2.05, 4.69) is 0 Å². The number of nitrogens with zero attached hydrogens (tertiary/aromatic N) is 2. The van der Waals surface area contributed by atoms with Gasteiger partial charge < -0.3 is 0 Å². The first-order valence-electron chi connectivity index (χ1n) is 17.2. The third kappa shape index (κ3) is 5.42. The van der Waals surface area contributed by atoms with E-state index in [0.29, 0.717) is 7.76 Å². The molecule has 53 heavy (non-hydrogen) atoms. The number of allylic oxidation sites excluding steroid dienone is 8. The van der Waals surface area contributed by atoms with Gasteiger partial charge in [-0.05, 0) is 0 Å². The molecule has 0 radical (unpaired) electrons. The van der Waals surface area contributed by atoms with E-state index < -0.39 is 71.2 Å². The van der Waals surface area contributed by atoms with Gasteiger partial charge in [0.05, 0.1) is 0 Å². The van der Waals surface area contributed by atoms with Crippen LogP contribution in [0.4, 0.5) is 17.6 Å². The number of hydrogen-bond acceptors (Lipinski definition) is 4. The molecule has 0 unspecified atom stereocenters. The summed E-state index contributed by atoms with van der Waals surface area (Å²) in [7, 11) is 0. The quantitative estimate of drug-likeness (QED) is 0.103. The van der Waals surface area contributed by atoms with Gasteiger partial charge in [0, 0.05) is 0 Å². The second-order valence-corrected chi connectivity index (χ2v) is 19.2. The van der Waals surface area contributed by atoms with Crippen molar-refractivity contribution < 1.29 is 53.3 Å². The van der Waals surface area contributed by atoms with Crippen LogP contribution in [0.3, 0.4) is 0 Å². The molecule has 2 heterocycles. The number of fused-ring (bicyclic) bond motifs is 2. The van der Waals surface area contributed by atoms with Crippen molar-refractivity contribution in [3.8, 4) is 0 Å². The van der Waals surface area contributed by atoms with Crippen molar-refractivity contribution >= 4 is 31.4 Å². The Morgan fingerprint density at radius 3 is 1.19 bits per heavy atom. The first kappa shape index (κ1) is 34.6. The van der Waals surface area contributed by atoms with E-state index in [-0.39, 0.29) is 72.2 Å². The number of carbonyl (C=O) groups excluding carboxylic acids is 4. The summed E-state index contributed by atoms with van der Waals surface area (Å²) in [5, 5.41) is 0. The van der Waals surface area contributed by atoms with E-state index in [9.17, 15) is 19.2 Å². The molecule has 0 atom stereocenters. The van der Waals surface area contributed by atoms with Crippen LogP contribution in [0.15, 0.2) is 117 Å². The minimum absolute atomic E-state index is 0.00587. The molecule has 4 aromatic carbocycles. The number of imide groups is 2. The van der Waals surface area contributed by atoms with E-state index in [1.54, 1.807) is 60.7 Å². The monoisotopic (exact) mass is 750 g/mol. The van der Waals surface area contributed by atoms with Gasteiger partial charge in [0.15, 0.2) is 0 Å². The fourth-order valence-corrected chi connectivity index (χ4v) is 16.4. The number of rotatable bonds is 10. The van der Waals surface area contributed by atoms with Crippen molar-refractivity contribution in [3.63, 3.8) is 0 Å². The third-order valence-electron chi connectivity index (χ3n) is 10.6. The number of benzene rings is 4. The Morgan fingerprint density at radius 1 is 0.509 bits per heavy atom. The van der Waals surface area contributed by atoms with Gasteiger partial charge in [0.1, 0.15) is 0 Å². The first-order valence-corrected chi connectivity index (χ1v) is 20.3. The van der Waals surface area contributed by atoms with Crippen molar-refractivity contribution in [1.82, 2.24) is 9.80 Å². The molecule has 264 valence electrons. The van der Waals surface area contributed by atoms with Crippen molar-refractivity contribution in [2.24, 2.45) is 0 Å². The zero-order valence-electron chi connectivity index (χ0n) is 28.2. The Kier molecular flexibility index (Phi) is 8.83. The van der Waals surface area contributed by atoms with Gasteiger partial charge in [-0.25, -0.2) is 0 Å². The number of halogens is 4. The molecule has 0 saturated carbocycles. The molecule has 0 saturated heterocycles. The zero-order valence-corrected chi connectivity index (χ0v) is 29.7. The van der Waals surface area contributed by atoms with E-state index in [4.69, 9.17) is 0 Å². The molecule has 11 heteroatoms. The molecule has 2 aliphatic carbocycles. The standard InChI is InChI=1S/2C16H10F2NO2.2C5H5.Ti/c2*17-11-6-5-10(14(18)9-11)7-8-19-15(20)12-3-1-2-4-13(12)16(19)21;2*1-2-4-5-3-1;/h2*1-6H,7-8H2;2*1-3H,4H2;. The Hall–Kier alpha value is -5.45. The summed E-state index contributed by atoms with van der Waals surface area (Å²) in [6.45, 7) is -0.391. The summed E-state index contributed by atoms with van der Waals surface area (Å²) >= 11 is -5.20. The molecule has 4 aromatic rings. The Labute approximate surface area is 305 Å². The second kappa shape index (κ2) is 13.5. The van der Waals surface area contributed by atoms with Crippen LogP contribution in [0, 0.1) is 23.3 Å². The minimum atomic E-state index is -5.20. The van der Waals surface area contributed by atoms with E-state index in [1.165, 1.54) is 36.4 Å². The maximum absolute atomic E-state index is 17.3. The van der Waals surface area contributed by atoms with Gasteiger partial charge in [-0.1, -0.05) is 0 Å². The zero-order chi connectivity index (χ0) is 37.0. The topological polar surface area (TPSA) is 74.8 Å². The van der Waals surface area contributed by atoms with Crippen molar-refractivity contribution in [3.05, 3.63) is 174 Å². The molecule has 0 N–H and O–H groups in total. The third-order valence-corrected chi connectivity index (χ3v) is 18.5. The predicted octanol–water partition coefficient (Wildman–Crippen LogP) is 6.71. The summed E-state index contributed by atoms with van der Waals surface area (Å²) in [4.78, 5) is 54.3. The van der Waals surface area contributed by atoms with Gasteiger partial charge in [-0.15, -0.1) is 0 Å². The average Bonchev–Trinajstić information content (AvgIpc) is 3.98. The van der Waals surface area contributed by atoms with Crippen LogP contribution in [-0.2, 0) is 29.4 Å². The van der Waals surface area contributed by atoms with Gasteiger partial charge in [0.2, 0.25) is 0 Å². The van der Waals surface area contributed by atoms with Crippen molar-refractivity contribution in [2.45, 2.75) is 25.7 Å². The fourth-order valence-electron chi connectivity index (χ4n) is 8.04. The Bertz CT molecular complexity index is 2180. The summed E-state index contributed by atoms with van der Waals surface area (Å²) < 4.78 is 67.9. The van der Waals surface area contributed by atoms with Crippen LogP contribution >= 0.6 is 0 Å². The molecular weight excluding hydrogens is 720 g/mol. The van der Waals surface area contributed by atoms with Gasteiger partial charge in [-0.2, -0.15) is 0 Å². The van der Waals surface area contributed by atoms with Crippen molar-refractivity contribution in [1.29, 1.82) is 0 Å². The van der Waals surface area contributed by atoms with Crippen LogP contribution in [0.1, 0.15) is 65.4 Å². The normalized spacial score (nSPS) is 16.2. The molecule has 0 aromatic heterocycles. The first-order chi connectivity index (χ1) is 25.6. The van der Waals surface area contributed by atoms with Crippen LogP contribution in [0.25, 0.3) is 0 Å². The van der Waals surface area contributed by atoms with Crippen LogP contribution in [0.5, 0.6) is 0 Å². The van der Waals surface area contributed by atoms with Crippen LogP contribution in [-0.4, -0.2) is 46.5 Å². The summed E-state index contributed by atoms with van der Waals surface area (Å²) in [6, 6.07) is 17.4. The molecule has 0 fully saturated rings. The molecule has 0 bridgehead atoms. The Morgan fingerprint density at radius 2 is 0.868 bits per heavy atom. The van der Waals surface area contributed by atoms with Gasteiger partial charge in [0.25, 0.3) is 0 Å². The van der Waals surface area contributed by atoms with E-state index in [1.807, 2.05) is 0 Å². The van der Waals surface area contributed by atoms with E-state index >= 15 is 17.6 Å². The number of hydrogen-bond donors (Lipinski definition) is 0. The van der Waals surface area contributed by atoms with Crippen molar-refractivity contribution in [2.75, 3.05) is 13.1 Å². The Balaban J connectivity index is 1.22. The van der Waals surface area contributed by atoms with Crippen LogP contribution < -0.4 is 7.74 Å². The number of amides is 4. The maximum atomic E-state index is 17.3. The molecule has 8 rings (SSSR count). The second-order valence-electron chi connectivity index (χ2n) is 13.3. The molecule has 0 spiro atoms. The molecule has 4 aliphatic rings. The van der Waals surface area contributed by atoms with Gasteiger partial charge >= 0.3 is 307 Å². The summed E-state index contributed by atoms with van der Waals surface area (Å²) in [6.07, 6.45) is 10.5. The summed E-state index contributed by atoms with van der Waals surface area (Å²) in [5.41, 5.74) is 0.940. The predicted molar refractivity (Wildman–Crippen MR) is 187 cm³/mol. The fraction of sp³-hybridized carbons (Fsp3) is 0.143. The molecular formula is C42H30F4N2O4Ti. The van der Waals surface area contributed by atoms with Gasteiger partial charge in [-0.3, -0.25) is 0 Å². The van der Waals surface area contributed by atoms with Crippen LogP contribution in [0.2, 0.25) is 0 Å². The molecule has 4 amide bonds.